The molecule has 0 bridgehead atoms. The van der Waals surface area contributed by atoms with Crippen LogP contribution in [0, 0.1) is 0 Å². The minimum absolute atomic E-state index is 1.02. The number of rotatable bonds is 11. The Kier molecular flexibility index (Phi) is 11.4. The van der Waals surface area contributed by atoms with Crippen LogP contribution in [0.1, 0.15) is 0 Å². The number of fused-ring (bicyclic) bond motifs is 9. The van der Waals surface area contributed by atoms with Gasteiger partial charge < -0.3 is 14.7 Å². The van der Waals surface area contributed by atoms with Crippen molar-refractivity contribution in [3.8, 4) is 22.3 Å². The second-order valence-electron chi connectivity index (χ2n) is 19.7. The molecule has 15 rings (SSSR count). The Morgan fingerprint density at radius 3 is 0.821 bits per heavy atom. The Morgan fingerprint density at radius 1 is 0.167 bits per heavy atom. The van der Waals surface area contributed by atoms with Gasteiger partial charge in [-0.15, -0.1) is 34.0 Å². The van der Waals surface area contributed by atoms with E-state index in [0.717, 1.165) is 51.2 Å². The zero-order chi connectivity index (χ0) is 51.5. The Bertz CT molecular complexity index is 4460. The van der Waals surface area contributed by atoms with Gasteiger partial charge in [0.05, 0.1) is 17.1 Å². The molecule has 6 heteroatoms. The van der Waals surface area contributed by atoms with Crippen molar-refractivity contribution in [2.45, 2.75) is 0 Å². The highest BCUT2D eigenvalue weighted by Crippen LogP contribution is 2.48. The molecule has 0 spiro atoms. The maximum absolute atomic E-state index is 2.42. The second-order valence-corrected chi connectivity index (χ2v) is 23.0. The highest BCUT2D eigenvalue weighted by Gasteiger charge is 2.23. The third-order valence-corrected chi connectivity index (χ3v) is 18.5. The second kappa shape index (κ2) is 19.4. The fourth-order valence-corrected chi connectivity index (χ4v) is 14.6. The highest BCUT2D eigenvalue weighted by molar-refractivity contribution is 7.26. The number of thiophene rings is 3. The van der Waals surface area contributed by atoms with Crippen molar-refractivity contribution >= 4 is 146 Å². The molecule has 3 aromatic heterocycles. The van der Waals surface area contributed by atoms with E-state index in [9.17, 15) is 0 Å². The van der Waals surface area contributed by atoms with Gasteiger partial charge in [0.15, 0.2) is 0 Å². The number of hydrogen-bond acceptors (Lipinski definition) is 6. The maximum Gasteiger partial charge on any atom is 0.0503 e. The first kappa shape index (κ1) is 46.0. The third-order valence-electron chi connectivity index (χ3n) is 15.0. The summed E-state index contributed by atoms with van der Waals surface area (Å²) in [6.07, 6.45) is 0. The van der Waals surface area contributed by atoms with E-state index in [1.165, 1.54) is 82.8 Å². The van der Waals surface area contributed by atoms with E-state index < -0.39 is 0 Å². The van der Waals surface area contributed by atoms with Gasteiger partial charge in [-0.2, -0.15) is 0 Å². The zero-order valence-electron chi connectivity index (χ0n) is 42.2. The number of benzene rings is 12. The molecule has 368 valence electrons. The first-order chi connectivity index (χ1) is 38.6. The van der Waals surface area contributed by atoms with E-state index >= 15 is 0 Å². The molecule has 0 unspecified atom stereocenters. The molecule has 0 amide bonds. The van der Waals surface area contributed by atoms with Gasteiger partial charge in [0.2, 0.25) is 0 Å². The van der Waals surface area contributed by atoms with Crippen LogP contribution >= 0.6 is 34.0 Å². The Hall–Kier alpha value is -9.30. The van der Waals surface area contributed by atoms with E-state index in [4.69, 9.17) is 0 Å². The van der Waals surface area contributed by atoms with E-state index in [2.05, 4.69) is 300 Å². The molecule has 0 saturated heterocycles. The molecule has 3 nitrogen and oxygen atoms in total. The lowest BCUT2D eigenvalue weighted by atomic mass is 10.0. The van der Waals surface area contributed by atoms with Crippen molar-refractivity contribution in [1.29, 1.82) is 0 Å². The smallest absolute Gasteiger partial charge is 0.0503 e. The summed E-state index contributed by atoms with van der Waals surface area (Å²) in [5.74, 6) is 0. The van der Waals surface area contributed by atoms with Crippen LogP contribution in [0.5, 0.6) is 0 Å². The van der Waals surface area contributed by atoms with Crippen LogP contribution < -0.4 is 14.7 Å². The lowest BCUT2D eigenvalue weighted by molar-refractivity contribution is 1.22. The molecular weight excluding hydrogens is 1000 g/mol. The van der Waals surface area contributed by atoms with Crippen LogP contribution in [-0.4, -0.2) is 0 Å². The zero-order valence-corrected chi connectivity index (χ0v) is 44.7. The predicted molar refractivity (Wildman–Crippen MR) is 340 cm³/mol. The monoisotopic (exact) mass is 1050 g/mol. The summed E-state index contributed by atoms with van der Waals surface area (Å²) in [6.45, 7) is 0. The Morgan fingerprint density at radius 2 is 0.436 bits per heavy atom. The van der Waals surface area contributed by atoms with Gasteiger partial charge in [0.1, 0.15) is 0 Å². The molecule has 3 heterocycles. The van der Waals surface area contributed by atoms with Crippen LogP contribution in [0.2, 0.25) is 0 Å². The molecule has 0 aliphatic rings. The average Bonchev–Trinajstić information content (AvgIpc) is 4.32. The standard InChI is InChI=1S/C72H47N3S3/c1-4-16-52(17-5-1)73(55-34-28-48(29-35-55)50-32-39-70-64(42-50)61-22-10-13-25-67(61)76-70)58-44-59(46-60(45-58)75(54-20-8-3-9-21-54)57-38-41-72-66(47-57)63-24-12-15-27-69(63)78-72)74(53-18-6-2-7-19-53)56-36-30-49(31-37-56)51-33-40-71-65(43-51)62-23-11-14-26-68(62)77-71/h1-47H. The molecule has 0 radical (unpaired) electrons. The molecule has 12 aromatic carbocycles. The van der Waals surface area contributed by atoms with Gasteiger partial charge in [0, 0.05) is 94.6 Å². The van der Waals surface area contributed by atoms with E-state index in [-0.39, 0.29) is 0 Å². The average molecular weight is 1050 g/mol. The summed E-state index contributed by atoms with van der Waals surface area (Å²) in [4.78, 5) is 7.23. The number of nitrogens with zero attached hydrogens (tertiary/aromatic N) is 3. The topological polar surface area (TPSA) is 9.72 Å². The first-order valence-electron chi connectivity index (χ1n) is 26.3. The quantitative estimate of drug-likeness (QED) is 0.128. The molecule has 15 aromatic rings. The molecule has 0 fully saturated rings. The summed E-state index contributed by atoms with van der Waals surface area (Å²) in [5.41, 5.74) is 14.2. The summed E-state index contributed by atoms with van der Waals surface area (Å²) in [7, 11) is 0. The fraction of sp³-hybridized carbons (Fsp3) is 0. The third kappa shape index (κ3) is 8.26. The van der Waals surface area contributed by atoms with Gasteiger partial charge >= 0.3 is 0 Å². The molecule has 78 heavy (non-hydrogen) atoms. The van der Waals surface area contributed by atoms with Crippen LogP contribution in [0.3, 0.4) is 0 Å². The molecule has 0 aliphatic carbocycles. The predicted octanol–water partition coefficient (Wildman–Crippen LogP) is 22.5. The molecular formula is C72H47N3S3. The van der Waals surface area contributed by atoms with Gasteiger partial charge in [0.25, 0.3) is 0 Å². The minimum Gasteiger partial charge on any atom is -0.310 e. The van der Waals surface area contributed by atoms with Gasteiger partial charge in [-0.25, -0.2) is 0 Å². The minimum atomic E-state index is 1.02. The van der Waals surface area contributed by atoms with Crippen molar-refractivity contribution in [1.82, 2.24) is 0 Å². The summed E-state index contributed by atoms with van der Waals surface area (Å²) >= 11 is 5.56. The number of para-hydroxylation sites is 3. The lowest BCUT2D eigenvalue weighted by Crippen LogP contribution is -2.16. The van der Waals surface area contributed by atoms with Crippen molar-refractivity contribution in [2.24, 2.45) is 0 Å². The maximum atomic E-state index is 2.42. The lowest BCUT2D eigenvalue weighted by Gasteiger charge is -2.33. The summed E-state index contributed by atoms with van der Waals surface area (Å²) in [5, 5.41) is 7.73. The molecule has 0 atom stereocenters. The highest BCUT2D eigenvalue weighted by atomic mass is 32.1. The molecule has 0 aliphatic heterocycles. The largest absolute Gasteiger partial charge is 0.310 e. The normalized spacial score (nSPS) is 11.6. The molecule has 0 N–H and O–H groups in total. The SMILES string of the molecule is c1ccc(N(c2ccc(-c3ccc4sc5ccccc5c4c3)cc2)c2cc(N(c3ccccc3)c3ccc(-c4ccc5sc6ccccc6c5c4)cc3)cc(N(c3ccccc3)c3ccc4sc5ccccc5c4c3)c2)cc1. The van der Waals surface area contributed by atoms with Gasteiger partial charge in [-0.1, -0.05) is 146 Å². The van der Waals surface area contributed by atoms with Crippen LogP contribution in [0.4, 0.5) is 51.2 Å². The van der Waals surface area contributed by atoms with Gasteiger partial charge in [-0.3, -0.25) is 0 Å². The number of anilines is 9. The summed E-state index contributed by atoms with van der Waals surface area (Å²) < 4.78 is 7.80. The first-order valence-corrected chi connectivity index (χ1v) is 28.7. The van der Waals surface area contributed by atoms with Crippen LogP contribution in [0.25, 0.3) is 82.8 Å². The Balaban J connectivity index is 0.919. The fourth-order valence-electron chi connectivity index (χ4n) is 11.3. The van der Waals surface area contributed by atoms with Crippen molar-refractivity contribution in [3.05, 3.63) is 285 Å². The van der Waals surface area contributed by atoms with Crippen molar-refractivity contribution in [2.75, 3.05) is 14.7 Å². The molecule has 0 saturated carbocycles. The van der Waals surface area contributed by atoms with Crippen molar-refractivity contribution in [3.63, 3.8) is 0 Å². The van der Waals surface area contributed by atoms with E-state index in [0.29, 0.717) is 0 Å². The van der Waals surface area contributed by atoms with E-state index in [1.54, 1.807) is 0 Å². The van der Waals surface area contributed by atoms with Crippen molar-refractivity contribution < 1.29 is 0 Å². The van der Waals surface area contributed by atoms with Crippen LogP contribution in [0.15, 0.2) is 285 Å². The van der Waals surface area contributed by atoms with Gasteiger partial charge in [-0.05, 0) is 162 Å². The van der Waals surface area contributed by atoms with E-state index in [1.807, 2.05) is 34.0 Å². The van der Waals surface area contributed by atoms with Crippen LogP contribution in [-0.2, 0) is 0 Å². The summed E-state index contributed by atoms with van der Waals surface area (Å²) in [6, 6.07) is 105. The number of hydrogen-bond donors (Lipinski definition) is 0. The Labute approximate surface area is 464 Å².